The van der Waals surface area contributed by atoms with Crippen LogP contribution in [0.1, 0.15) is 11.1 Å². The van der Waals surface area contributed by atoms with Crippen molar-refractivity contribution in [2.24, 2.45) is 0 Å². The Balaban J connectivity index is 1.87. The van der Waals surface area contributed by atoms with Crippen LogP contribution in [0.2, 0.25) is 0 Å². The van der Waals surface area contributed by atoms with E-state index in [0.29, 0.717) is 22.9 Å². The lowest BCUT2D eigenvalue weighted by molar-refractivity contribution is -0.125. The molecule has 0 atom stereocenters. The minimum atomic E-state index is -0.109. The lowest BCUT2D eigenvalue weighted by atomic mass is 10.1. The Morgan fingerprint density at radius 1 is 1.07 bits per heavy atom. The zero-order valence-electron chi connectivity index (χ0n) is 16.5. The zero-order valence-corrected chi connectivity index (χ0v) is 17.3. The van der Waals surface area contributed by atoms with Crippen molar-refractivity contribution in [3.8, 4) is 0 Å². The van der Waals surface area contributed by atoms with Gasteiger partial charge in [-0.1, -0.05) is 53.7 Å². The van der Waals surface area contributed by atoms with Gasteiger partial charge >= 0.3 is 0 Å². The molecule has 8 heteroatoms. The smallest absolute Gasteiger partial charge is 0.263 e. The third-order valence-electron chi connectivity index (χ3n) is 4.76. The molecule has 0 saturated carbocycles. The average Bonchev–Trinajstić information content (AvgIpc) is 3.14. The van der Waals surface area contributed by atoms with Gasteiger partial charge in [0.15, 0.2) is 5.16 Å². The Morgan fingerprint density at radius 2 is 1.79 bits per heavy atom. The summed E-state index contributed by atoms with van der Waals surface area (Å²) in [6.45, 7) is 2.42. The molecule has 0 aliphatic heterocycles. The predicted molar refractivity (Wildman–Crippen MR) is 114 cm³/mol. The highest BCUT2D eigenvalue weighted by atomic mass is 32.2. The largest absolute Gasteiger partial charge is 0.348 e. The van der Waals surface area contributed by atoms with Crippen molar-refractivity contribution in [1.29, 1.82) is 0 Å². The van der Waals surface area contributed by atoms with Gasteiger partial charge in [0.25, 0.3) is 5.56 Å². The van der Waals surface area contributed by atoms with E-state index in [1.54, 1.807) is 23.6 Å². The molecule has 0 aliphatic carbocycles. The van der Waals surface area contributed by atoms with E-state index in [2.05, 4.69) is 10.2 Å². The molecule has 0 aliphatic rings. The van der Waals surface area contributed by atoms with Crippen LogP contribution in [0.15, 0.2) is 58.5 Å². The first-order valence-electron chi connectivity index (χ1n) is 9.21. The van der Waals surface area contributed by atoms with Gasteiger partial charge in [0.2, 0.25) is 11.7 Å². The molecule has 148 valence electrons. The second-order valence-electron chi connectivity index (χ2n) is 7.09. The van der Waals surface area contributed by atoms with Gasteiger partial charge in [-0.05, 0) is 24.6 Å². The maximum Gasteiger partial charge on any atom is 0.263 e. The van der Waals surface area contributed by atoms with Crippen molar-refractivity contribution in [3.05, 3.63) is 70.0 Å². The molecule has 0 radical (unpaired) electrons. The minimum absolute atomic E-state index is 0.0102. The van der Waals surface area contributed by atoms with Crippen LogP contribution in [-0.4, -0.2) is 49.8 Å². The molecule has 2 aromatic heterocycles. The first-order valence-corrected chi connectivity index (χ1v) is 10.2. The Labute approximate surface area is 172 Å². The van der Waals surface area contributed by atoms with Gasteiger partial charge < -0.3 is 4.90 Å². The first kappa shape index (κ1) is 19.2. The number of nitrogens with zero attached hydrogens (tertiary/aromatic N) is 5. The van der Waals surface area contributed by atoms with Gasteiger partial charge in [0.1, 0.15) is 0 Å². The highest BCUT2D eigenvalue weighted by molar-refractivity contribution is 7.99. The molecule has 1 amide bonds. The number of para-hydroxylation sites is 1. The number of aryl methyl sites for hydroxylation is 1. The molecule has 4 aromatic rings. The van der Waals surface area contributed by atoms with Crippen LogP contribution in [-0.2, 0) is 11.3 Å². The van der Waals surface area contributed by atoms with Crippen molar-refractivity contribution in [1.82, 2.24) is 24.1 Å². The maximum absolute atomic E-state index is 13.2. The normalized spacial score (nSPS) is 11.3. The zero-order chi connectivity index (χ0) is 20.5. The third kappa shape index (κ3) is 3.63. The highest BCUT2D eigenvalue weighted by Crippen LogP contribution is 2.22. The molecule has 0 fully saturated rings. The number of carbonyl (C=O) groups excluding carboxylic acids is 1. The van der Waals surface area contributed by atoms with Crippen molar-refractivity contribution in [2.45, 2.75) is 18.6 Å². The fourth-order valence-electron chi connectivity index (χ4n) is 3.10. The summed E-state index contributed by atoms with van der Waals surface area (Å²) >= 11 is 1.31. The van der Waals surface area contributed by atoms with E-state index in [-0.39, 0.29) is 17.2 Å². The maximum atomic E-state index is 13.2. The molecule has 0 N–H and O–H groups in total. The van der Waals surface area contributed by atoms with Gasteiger partial charge in [0, 0.05) is 14.1 Å². The van der Waals surface area contributed by atoms with Gasteiger partial charge in [-0.25, -0.2) is 0 Å². The van der Waals surface area contributed by atoms with Gasteiger partial charge in [0.05, 0.1) is 23.2 Å². The van der Waals surface area contributed by atoms with Gasteiger partial charge in [-0.3, -0.25) is 18.6 Å². The predicted octanol–water partition coefficient (Wildman–Crippen LogP) is 2.58. The lowest BCUT2D eigenvalue weighted by Gasteiger charge is -2.12. The number of rotatable bonds is 5. The molecule has 0 unspecified atom stereocenters. The van der Waals surface area contributed by atoms with E-state index >= 15 is 0 Å². The van der Waals surface area contributed by atoms with Crippen LogP contribution < -0.4 is 5.56 Å². The fourth-order valence-corrected chi connectivity index (χ4v) is 4.02. The lowest BCUT2D eigenvalue weighted by Crippen LogP contribution is -2.24. The number of hydrogen-bond acceptors (Lipinski definition) is 5. The molecule has 2 aromatic carbocycles. The monoisotopic (exact) mass is 407 g/mol. The van der Waals surface area contributed by atoms with Crippen LogP contribution >= 0.6 is 11.8 Å². The highest BCUT2D eigenvalue weighted by Gasteiger charge is 2.18. The molecule has 2 heterocycles. The Morgan fingerprint density at radius 3 is 2.52 bits per heavy atom. The van der Waals surface area contributed by atoms with E-state index in [9.17, 15) is 9.59 Å². The molecule has 0 bridgehead atoms. The van der Waals surface area contributed by atoms with Crippen LogP contribution in [0.25, 0.3) is 16.7 Å². The Hall–Kier alpha value is -3.13. The molecule has 29 heavy (non-hydrogen) atoms. The summed E-state index contributed by atoms with van der Waals surface area (Å²) in [5.41, 5.74) is 2.80. The van der Waals surface area contributed by atoms with Gasteiger partial charge in [-0.2, -0.15) is 0 Å². The summed E-state index contributed by atoms with van der Waals surface area (Å²) in [6, 6.07) is 15.5. The van der Waals surface area contributed by atoms with Crippen molar-refractivity contribution < 1.29 is 4.79 Å². The number of carbonyl (C=O) groups is 1. The molecule has 4 rings (SSSR count). The van der Waals surface area contributed by atoms with Crippen LogP contribution in [0.4, 0.5) is 0 Å². The molecule has 0 spiro atoms. The van der Waals surface area contributed by atoms with E-state index in [0.717, 1.165) is 16.6 Å². The molecular formula is C21H21N5O2S. The standard InChI is InChI=1S/C21H21N5O2S/c1-14-8-10-15(11-9-14)12-25-19(28)16-6-4-5-7-17(16)26-20(25)22-23-21(26)29-13-18(27)24(2)3/h4-11H,12-13H2,1-3H3. The second kappa shape index (κ2) is 7.71. The summed E-state index contributed by atoms with van der Waals surface area (Å²) in [5.74, 6) is 0.706. The quantitative estimate of drug-likeness (QED) is 0.476. The summed E-state index contributed by atoms with van der Waals surface area (Å²) in [6.07, 6.45) is 0. The Bertz CT molecular complexity index is 1260. The number of thioether (sulfide) groups is 1. The van der Waals surface area contributed by atoms with Gasteiger partial charge in [-0.15, -0.1) is 10.2 Å². The number of benzene rings is 2. The Kier molecular flexibility index (Phi) is 5.10. The van der Waals surface area contributed by atoms with E-state index in [1.807, 2.05) is 59.9 Å². The summed E-state index contributed by atoms with van der Waals surface area (Å²) in [7, 11) is 3.44. The minimum Gasteiger partial charge on any atom is -0.348 e. The SMILES string of the molecule is Cc1ccc(Cn2c(=O)c3ccccc3n3c(SCC(=O)N(C)C)nnc23)cc1. The van der Waals surface area contributed by atoms with Crippen LogP contribution in [0.3, 0.4) is 0 Å². The fraction of sp³-hybridized carbons (Fsp3) is 0.238. The summed E-state index contributed by atoms with van der Waals surface area (Å²) < 4.78 is 3.50. The van der Waals surface area contributed by atoms with E-state index in [1.165, 1.54) is 11.8 Å². The number of aromatic nitrogens is 4. The van der Waals surface area contributed by atoms with Crippen molar-refractivity contribution in [2.75, 3.05) is 19.8 Å². The van der Waals surface area contributed by atoms with Crippen LogP contribution in [0.5, 0.6) is 0 Å². The van der Waals surface area contributed by atoms with E-state index < -0.39 is 0 Å². The summed E-state index contributed by atoms with van der Waals surface area (Å²) in [4.78, 5) is 26.8. The molecule has 0 saturated heterocycles. The number of amides is 1. The molecule has 7 nitrogen and oxygen atoms in total. The van der Waals surface area contributed by atoms with E-state index in [4.69, 9.17) is 0 Å². The third-order valence-corrected chi connectivity index (χ3v) is 5.68. The van der Waals surface area contributed by atoms with Crippen molar-refractivity contribution in [3.63, 3.8) is 0 Å². The summed E-state index contributed by atoms with van der Waals surface area (Å²) in [5, 5.41) is 9.75. The second-order valence-corrected chi connectivity index (χ2v) is 8.03. The molecular weight excluding hydrogens is 386 g/mol. The number of fused-ring (bicyclic) bond motifs is 3. The van der Waals surface area contributed by atoms with Crippen molar-refractivity contribution >= 4 is 34.3 Å². The average molecular weight is 407 g/mol. The number of hydrogen-bond donors (Lipinski definition) is 0. The first-order chi connectivity index (χ1) is 14.0. The van der Waals surface area contributed by atoms with Crippen LogP contribution in [0, 0.1) is 6.92 Å². The topological polar surface area (TPSA) is 72.5 Å².